The second kappa shape index (κ2) is 5.60. The Morgan fingerprint density at radius 1 is 1.48 bits per heavy atom. The number of non-ortho nitro benzene ring substituents is 1. The van der Waals surface area contributed by atoms with Crippen LogP contribution in [0.25, 0.3) is 5.69 Å². The Bertz CT molecular complexity index is 726. The fourth-order valence-electron chi connectivity index (χ4n) is 1.91. The van der Waals surface area contributed by atoms with Crippen molar-refractivity contribution in [3.05, 3.63) is 44.2 Å². The molecule has 0 saturated heterocycles. The minimum absolute atomic E-state index is 0.115. The summed E-state index contributed by atoms with van der Waals surface area (Å²) in [6, 6.07) is 4.17. The summed E-state index contributed by atoms with van der Waals surface area (Å²) in [6.07, 6.45) is 0. The summed E-state index contributed by atoms with van der Waals surface area (Å²) in [6.45, 7) is 3.60. The van der Waals surface area contributed by atoms with Crippen molar-refractivity contribution in [1.82, 2.24) is 15.0 Å². The Morgan fingerprint density at radius 2 is 2.14 bits per heavy atom. The second-order valence-electron chi connectivity index (χ2n) is 4.59. The third-order valence-electron chi connectivity index (χ3n) is 2.82. The van der Waals surface area contributed by atoms with Gasteiger partial charge in [-0.1, -0.05) is 19.1 Å². The molecule has 0 amide bonds. The molecule has 8 nitrogen and oxygen atoms in total. The van der Waals surface area contributed by atoms with Crippen LogP contribution in [0.15, 0.2) is 22.7 Å². The Balaban J connectivity index is 2.70. The van der Waals surface area contributed by atoms with Gasteiger partial charge < -0.3 is 5.11 Å². The molecule has 0 aliphatic heterocycles. The Hall–Kier alpha value is -2.29. The summed E-state index contributed by atoms with van der Waals surface area (Å²) in [5.41, 5.74) is 0.468. The summed E-state index contributed by atoms with van der Waals surface area (Å²) in [5, 5.41) is 27.5. The van der Waals surface area contributed by atoms with Crippen LogP contribution in [0.5, 0.6) is 0 Å². The van der Waals surface area contributed by atoms with E-state index in [2.05, 4.69) is 26.2 Å². The molecule has 1 heterocycles. The van der Waals surface area contributed by atoms with Crippen LogP contribution in [-0.4, -0.2) is 31.0 Å². The van der Waals surface area contributed by atoms with E-state index in [0.717, 1.165) is 0 Å². The van der Waals surface area contributed by atoms with Gasteiger partial charge in [0.15, 0.2) is 5.69 Å². The quantitative estimate of drug-likeness (QED) is 0.667. The third kappa shape index (κ3) is 2.77. The summed E-state index contributed by atoms with van der Waals surface area (Å²) in [4.78, 5) is 21.5. The Kier molecular flexibility index (Phi) is 4.03. The molecule has 0 saturated carbocycles. The molecule has 0 atom stereocenters. The zero-order valence-electron chi connectivity index (χ0n) is 11.1. The van der Waals surface area contributed by atoms with Crippen molar-refractivity contribution < 1.29 is 14.8 Å². The molecule has 1 aromatic carbocycles. The van der Waals surface area contributed by atoms with E-state index in [1.165, 1.54) is 22.9 Å². The first-order chi connectivity index (χ1) is 9.82. The van der Waals surface area contributed by atoms with Crippen molar-refractivity contribution in [2.75, 3.05) is 0 Å². The van der Waals surface area contributed by atoms with E-state index in [0.29, 0.717) is 15.9 Å². The van der Waals surface area contributed by atoms with Gasteiger partial charge in [0.1, 0.15) is 0 Å². The molecule has 0 aliphatic rings. The van der Waals surface area contributed by atoms with Crippen molar-refractivity contribution in [3.63, 3.8) is 0 Å². The number of carboxylic acids is 1. The molecule has 21 heavy (non-hydrogen) atoms. The zero-order chi connectivity index (χ0) is 15.7. The number of nitro groups is 1. The fourth-order valence-corrected chi connectivity index (χ4v) is 2.33. The molecule has 0 spiro atoms. The lowest BCUT2D eigenvalue weighted by Crippen LogP contribution is -2.09. The predicted molar refractivity (Wildman–Crippen MR) is 76.8 cm³/mol. The number of carbonyl (C=O) groups is 1. The Labute approximate surface area is 127 Å². The van der Waals surface area contributed by atoms with Gasteiger partial charge in [-0.05, 0) is 27.9 Å². The normalized spacial score (nSPS) is 10.9. The van der Waals surface area contributed by atoms with E-state index >= 15 is 0 Å². The molecule has 9 heteroatoms. The van der Waals surface area contributed by atoms with Crippen LogP contribution < -0.4 is 0 Å². The molecular formula is C12H11BrN4O4. The lowest BCUT2D eigenvalue weighted by Gasteiger charge is -2.11. The molecule has 0 fully saturated rings. The number of aromatic nitrogens is 3. The van der Waals surface area contributed by atoms with E-state index in [4.69, 9.17) is 5.11 Å². The van der Waals surface area contributed by atoms with Crippen LogP contribution in [-0.2, 0) is 0 Å². The second-order valence-corrected chi connectivity index (χ2v) is 5.44. The first kappa shape index (κ1) is 15.1. The van der Waals surface area contributed by atoms with E-state index in [1.54, 1.807) is 13.8 Å². The standard InChI is InChI=1S/C12H11BrN4O4/c1-6(2)11-10(12(18)19)14-15-16(11)9-5-7(17(20)21)3-4-8(9)13/h3-6H,1-2H3,(H,18,19). The molecule has 0 aliphatic carbocycles. The van der Waals surface area contributed by atoms with Crippen molar-refractivity contribution in [2.45, 2.75) is 19.8 Å². The third-order valence-corrected chi connectivity index (χ3v) is 3.49. The van der Waals surface area contributed by atoms with Crippen LogP contribution in [0.1, 0.15) is 35.9 Å². The molecule has 0 bridgehead atoms. The number of benzene rings is 1. The highest BCUT2D eigenvalue weighted by molar-refractivity contribution is 9.10. The van der Waals surface area contributed by atoms with E-state index in [1.807, 2.05) is 0 Å². The summed E-state index contributed by atoms with van der Waals surface area (Å²) in [5.74, 6) is -1.36. The molecule has 1 aromatic heterocycles. The maximum atomic E-state index is 11.2. The smallest absolute Gasteiger partial charge is 0.358 e. The highest BCUT2D eigenvalue weighted by atomic mass is 79.9. The van der Waals surface area contributed by atoms with Gasteiger partial charge in [0, 0.05) is 16.6 Å². The van der Waals surface area contributed by atoms with Gasteiger partial charge >= 0.3 is 5.97 Å². The first-order valence-electron chi connectivity index (χ1n) is 5.96. The van der Waals surface area contributed by atoms with Crippen molar-refractivity contribution in [1.29, 1.82) is 0 Å². The van der Waals surface area contributed by atoms with Gasteiger partial charge in [-0.3, -0.25) is 10.1 Å². The van der Waals surface area contributed by atoms with Crippen molar-refractivity contribution in [3.8, 4) is 5.69 Å². The maximum absolute atomic E-state index is 11.2. The molecule has 0 unspecified atom stereocenters. The number of rotatable bonds is 4. The molecule has 2 rings (SSSR count). The summed E-state index contributed by atoms with van der Waals surface area (Å²) >= 11 is 3.29. The molecule has 1 N–H and O–H groups in total. The average molecular weight is 355 g/mol. The first-order valence-corrected chi connectivity index (χ1v) is 6.75. The minimum atomic E-state index is -1.19. The van der Waals surface area contributed by atoms with Crippen molar-refractivity contribution >= 4 is 27.6 Å². The number of carboxylic acid groups (broad SMARTS) is 1. The van der Waals surface area contributed by atoms with E-state index < -0.39 is 10.9 Å². The number of aromatic carboxylic acids is 1. The van der Waals surface area contributed by atoms with Crippen LogP contribution in [0.3, 0.4) is 0 Å². The maximum Gasteiger partial charge on any atom is 0.358 e. The van der Waals surface area contributed by atoms with Gasteiger partial charge in [0.25, 0.3) is 5.69 Å². The van der Waals surface area contributed by atoms with Crippen LogP contribution in [0.4, 0.5) is 5.69 Å². The summed E-state index contributed by atoms with van der Waals surface area (Å²) in [7, 11) is 0. The van der Waals surface area contributed by atoms with Gasteiger partial charge in [-0.2, -0.15) is 0 Å². The number of hydrogen-bond acceptors (Lipinski definition) is 5. The SMILES string of the molecule is CC(C)c1c(C(=O)O)nnn1-c1cc([N+](=O)[O-])ccc1Br. The largest absolute Gasteiger partial charge is 0.476 e. The van der Waals surface area contributed by atoms with E-state index in [-0.39, 0.29) is 17.3 Å². The number of halogens is 1. The zero-order valence-corrected chi connectivity index (χ0v) is 12.7. The molecule has 2 aromatic rings. The minimum Gasteiger partial charge on any atom is -0.476 e. The number of hydrogen-bond donors (Lipinski definition) is 1. The lowest BCUT2D eigenvalue weighted by atomic mass is 10.1. The van der Waals surface area contributed by atoms with Crippen LogP contribution in [0, 0.1) is 10.1 Å². The van der Waals surface area contributed by atoms with Crippen molar-refractivity contribution in [2.24, 2.45) is 0 Å². The monoisotopic (exact) mass is 354 g/mol. The highest BCUT2D eigenvalue weighted by Crippen LogP contribution is 2.29. The predicted octanol–water partition coefficient (Wildman–Crippen LogP) is 2.76. The summed E-state index contributed by atoms with van der Waals surface area (Å²) < 4.78 is 1.86. The molecule has 110 valence electrons. The van der Waals surface area contributed by atoms with Gasteiger partial charge in [0.2, 0.25) is 0 Å². The van der Waals surface area contributed by atoms with Crippen LogP contribution in [0.2, 0.25) is 0 Å². The number of nitrogens with zero attached hydrogens (tertiary/aromatic N) is 4. The average Bonchev–Trinajstić information content (AvgIpc) is 2.83. The van der Waals surface area contributed by atoms with Gasteiger partial charge in [0.05, 0.1) is 16.3 Å². The molecule has 0 radical (unpaired) electrons. The topological polar surface area (TPSA) is 111 Å². The van der Waals surface area contributed by atoms with Crippen LogP contribution >= 0.6 is 15.9 Å². The van der Waals surface area contributed by atoms with Gasteiger partial charge in [-0.25, -0.2) is 9.48 Å². The molecular weight excluding hydrogens is 344 g/mol. The van der Waals surface area contributed by atoms with E-state index in [9.17, 15) is 14.9 Å². The lowest BCUT2D eigenvalue weighted by molar-refractivity contribution is -0.384. The highest BCUT2D eigenvalue weighted by Gasteiger charge is 2.24. The van der Waals surface area contributed by atoms with Gasteiger partial charge in [-0.15, -0.1) is 5.10 Å². The fraction of sp³-hybridized carbons (Fsp3) is 0.250. The number of nitro benzene ring substituents is 1. The Morgan fingerprint density at radius 3 is 2.67 bits per heavy atom.